The molecule has 0 aliphatic carbocycles. The van der Waals surface area contributed by atoms with Crippen molar-refractivity contribution >= 4 is 9.84 Å². The molecule has 4 nitrogen and oxygen atoms in total. The summed E-state index contributed by atoms with van der Waals surface area (Å²) in [5.74, 6) is 1.65. The Balaban J connectivity index is 0.000000444. The van der Waals surface area contributed by atoms with Gasteiger partial charge in [0.1, 0.15) is 0 Å². The van der Waals surface area contributed by atoms with Crippen LogP contribution in [0.5, 0.6) is 5.88 Å². The third-order valence-electron chi connectivity index (χ3n) is 3.59. The van der Waals surface area contributed by atoms with E-state index in [4.69, 9.17) is 4.74 Å². The highest BCUT2D eigenvalue weighted by atomic mass is 32.2. The number of benzene rings is 1. The molecule has 2 rings (SSSR count). The number of nitrogens with zero attached hydrogens (tertiary/aromatic N) is 1. The fourth-order valence-corrected chi connectivity index (χ4v) is 2.74. The Morgan fingerprint density at radius 2 is 1.46 bits per heavy atom. The predicted octanol–water partition coefficient (Wildman–Crippen LogP) is 5.45. The minimum atomic E-state index is -3.05. The van der Waals surface area contributed by atoms with E-state index < -0.39 is 9.84 Å². The monoisotopic (exact) mass is 379 g/mol. The molecular formula is C21H33NO3S. The van der Waals surface area contributed by atoms with E-state index in [2.05, 4.69) is 32.7 Å². The smallest absolute Gasteiger partial charge is 0.216 e. The summed E-state index contributed by atoms with van der Waals surface area (Å²) in [4.78, 5) is 4.48. The maximum absolute atomic E-state index is 11.1. The molecule has 1 heterocycles. The van der Waals surface area contributed by atoms with Crippen molar-refractivity contribution in [3.8, 4) is 5.88 Å². The summed E-state index contributed by atoms with van der Waals surface area (Å²) in [5.41, 5.74) is 2.32. The van der Waals surface area contributed by atoms with E-state index in [1.807, 2.05) is 38.1 Å². The fraction of sp³-hybridized carbons (Fsp3) is 0.476. The first kappa shape index (κ1) is 24.1. The number of sulfone groups is 1. The number of rotatable bonds is 4. The van der Waals surface area contributed by atoms with Gasteiger partial charge in [0.2, 0.25) is 5.88 Å². The van der Waals surface area contributed by atoms with E-state index in [0.29, 0.717) is 16.7 Å². The molecule has 0 aliphatic heterocycles. The molecule has 1 aromatic heterocycles. The van der Waals surface area contributed by atoms with Crippen molar-refractivity contribution in [2.75, 3.05) is 13.4 Å². The summed E-state index contributed by atoms with van der Waals surface area (Å²) in [6.45, 7) is 12.4. The van der Waals surface area contributed by atoms with Gasteiger partial charge in [0.15, 0.2) is 9.84 Å². The molecule has 0 amide bonds. The maximum atomic E-state index is 11.1. The number of aromatic nitrogens is 1. The lowest BCUT2D eigenvalue weighted by atomic mass is 10.0. The second-order valence-corrected chi connectivity index (χ2v) is 8.27. The predicted molar refractivity (Wildman–Crippen MR) is 110 cm³/mol. The van der Waals surface area contributed by atoms with Crippen LogP contribution in [0, 0.1) is 0 Å². The van der Waals surface area contributed by atoms with Gasteiger partial charge in [0.25, 0.3) is 0 Å². The van der Waals surface area contributed by atoms with Crippen molar-refractivity contribution in [3.05, 3.63) is 53.7 Å². The zero-order valence-corrected chi connectivity index (χ0v) is 18.1. The van der Waals surface area contributed by atoms with Crippen LogP contribution >= 0.6 is 0 Å². The first-order valence-corrected chi connectivity index (χ1v) is 10.8. The van der Waals surface area contributed by atoms with Gasteiger partial charge in [-0.2, -0.15) is 0 Å². The summed E-state index contributed by atoms with van der Waals surface area (Å²) in [6.07, 6.45) is 2.96. The van der Waals surface area contributed by atoms with Crippen molar-refractivity contribution in [1.82, 2.24) is 4.98 Å². The van der Waals surface area contributed by atoms with E-state index in [9.17, 15) is 8.42 Å². The molecule has 0 aliphatic rings. The van der Waals surface area contributed by atoms with Crippen LogP contribution in [0.15, 0.2) is 47.5 Å². The standard InChI is InChI=1S/C10H14O2S.C9H13NO.C2H6/c1-8(2)9-4-6-10(7-5-9)13(3,11)12;1-7(2)8-5-4-6-10-9(8)11-3;1-2/h4-8H,1-3H3;4-7H,1-3H3;1-2H3. The lowest BCUT2D eigenvalue weighted by Gasteiger charge is -2.08. The molecular weight excluding hydrogens is 346 g/mol. The zero-order valence-electron chi connectivity index (χ0n) is 17.3. The van der Waals surface area contributed by atoms with E-state index in [0.717, 1.165) is 17.0 Å². The van der Waals surface area contributed by atoms with Crippen LogP contribution in [0.25, 0.3) is 0 Å². The van der Waals surface area contributed by atoms with E-state index in [-0.39, 0.29) is 0 Å². The molecule has 0 N–H and O–H groups in total. The quantitative estimate of drug-likeness (QED) is 0.708. The Hall–Kier alpha value is -1.88. The van der Waals surface area contributed by atoms with E-state index in [1.54, 1.807) is 25.4 Å². The van der Waals surface area contributed by atoms with Crippen LogP contribution in [-0.2, 0) is 9.84 Å². The topological polar surface area (TPSA) is 56.3 Å². The minimum absolute atomic E-state index is 0.386. The minimum Gasteiger partial charge on any atom is -0.481 e. The molecule has 0 atom stereocenters. The van der Waals surface area contributed by atoms with Gasteiger partial charge >= 0.3 is 0 Å². The third-order valence-corrected chi connectivity index (χ3v) is 4.72. The number of hydrogen-bond acceptors (Lipinski definition) is 4. The number of hydrogen-bond donors (Lipinski definition) is 0. The lowest BCUT2D eigenvalue weighted by molar-refractivity contribution is 0.390. The number of pyridine rings is 1. The van der Waals surface area contributed by atoms with Crippen LogP contribution < -0.4 is 4.74 Å². The molecule has 2 aromatic rings. The highest BCUT2D eigenvalue weighted by molar-refractivity contribution is 7.90. The van der Waals surface area contributed by atoms with Crippen LogP contribution in [-0.4, -0.2) is 26.8 Å². The third kappa shape index (κ3) is 8.00. The summed E-state index contributed by atoms with van der Waals surface area (Å²) < 4.78 is 27.3. The van der Waals surface area contributed by atoms with Crippen molar-refractivity contribution in [1.29, 1.82) is 0 Å². The van der Waals surface area contributed by atoms with Gasteiger partial charge in [-0.15, -0.1) is 0 Å². The van der Waals surface area contributed by atoms with Crippen LogP contribution in [0.1, 0.15) is 64.5 Å². The van der Waals surface area contributed by atoms with Gasteiger partial charge < -0.3 is 4.74 Å². The molecule has 26 heavy (non-hydrogen) atoms. The first-order valence-electron chi connectivity index (χ1n) is 8.95. The van der Waals surface area contributed by atoms with E-state index in [1.165, 1.54) is 6.26 Å². The molecule has 146 valence electrons. The van der Waals surface area contributed by atoms with Crippen LogP contribution in [0.2, 0.25) is 0 Å². The summed E-state index contributed by atoms with van der Waals surface area (Å²) in [6, 6.07) is 11.0. The Bertz CT molecular complexity index is 736. The number of ether oxygens (including phenoxy) is 1. The Kier molecular flexibility index (Phi) is 10.8. The molecule has 1 aromatic carbocycles. The van der Waals surface area contributed by atoms with Crippen molar-refractivity contribution < 1.29 is 13.2 Å². The highest BCUT2D eigenvalue weighted by Crippen LogP contribution is 2.22. The SMILES string of the molecule is CC.CC(C)c1ccc(S(C)(=O)=O)cc1.COc1ncccc1C(C)C. The molecule has 0 radical (unpaired) electrons. The van der Waals surface area contributed by atoms with Gasteiger partial charge in [-0.25, -0.2) is 13.4 Å². The first-order chi connectivity index (χ1) is 12.2. The molecule has 0 bridgehead atoms. The fourth-order valence-electron chi connectivity index (χ4n) is 2.11. The van der Waals surface area contributed by atoms with Crippen molar-refractivity contribution in [2.45, 2.75) is 58.3 Å². The normalized spacial score (nSPS) is 10.5. The lowest BCUT2D eigenvalue weighted by Crippen LogP contribution is -1.97. The molecule has 0 fully saturated rings. The molecule has 0 saturated heterocycles. The average molecular weight is 380 g/mol. The second-order valence-electron chi connectivity index (χ2n) is 6.25. The van der Waals surface area contributed by atoms with Gasteiger partial charge in [-0.1, -0.05) is 59.7 Å². The van der Waals surface area contributed by atoms with Crippen LogP contribution in [0.4, 0.5) is 0 Å². The summed E-state index contributed by atoms with van der Waals surface area (Å²) >= 11 is 0. The maximum Gasteiger partial charge on any atom is 0.216 e. The number of methoxy groups -OCH3 is 1. The molecule has 0 saturated carbocycles. The molecule has 0 unspecified atom stereocenters. The average Bonchev–Trinajstić information content (AvgIpc) is 2.63. The second kappa shape index (κ2) is 11.7. The van der Waals surface area contributed by atoms with Gasteiger partial charge in [0.05, 0.1) is 12.0 Å². The Morgan fingerprint density at radius 3 is 1.81 bits per heavy atom. The summed E-state index contributed by atoms with van der Waals surface area (Å²) in [5, 5.41) is 0. The van der Waals surface area contributed by atoms with Gasteiger partial charge in [-0.05, 0) is 35.6 Å². The van der Waals surface area contributed by atoms with Gasteiger partial charge in [-0.3, -0.25) is 0 Å². The van der Waals surface area contributed by atoms with E-state index >= 15 is 0 Å². The van der Waals surface area contributed by atoms with Gasteiger partial charge in [0, 0.05) is 18.0 Å². The zero-order chi connectivity index (χ0) is 20.3. The van der Waals surface area contributed by atoms with Crippen molar-refractivity contribution in [3.63, 3.8) is 0 Å². The Morgan fingerprint density at radius 1 is 0.923 bits per heavy atom. The largest absolute Gasteiger partial charge is 0.481 e. The van der Waals surface area contributed by atoms with Crippen molar-refractivity contribution in [2.24, 2.45) is 0 Å². The summed E-state index contributed by atoms with van der Waals surface area (Å²) in [7, 11) is -1.40. The molecule has 5 heteroatoms. The van der Waals surface area contributed by atoms with Crippen LogP contribution in [0.3, 0.4) is 0 Å². The molecule has 0 spiro atoms. The highest BCUT2D eigenvalue weighted by Gasteiger charge is 2.07. The Labute approximate surface area is 159 Å².